The van der Waals surface area contributed by atoms with Gasteiger partial charge >= 0.3 is 5.97 Å². The normalized spacial score (nSPS) is 10.5. The number of pyridine rings is 1. The maximum Gasteiger partial charge on any atom is 0.354 e. The molecule has 0 aliphatic rings. The van der Waals surface area contributed by atoms with Gasteiger partial charge in [0.25, 0.3) is 0 Å². The van der Waals surface area contributed by atoms with Gasteiger partial charge in [-0.3, -0.25) is 0 Å². The van der Waals surface area contributed by atoms with Gasteiger partial charge in [0.05, 0.1) is 0 Å². The Bertz CT molecular complexity index is 665. The minimum absolute atomic E-state index is 0.0684. The van der Waals surface area contributed by atoms with Gasteiger partial charge in [-0.05, 0) is 25.3 Å². The van der Waals surface area contributed by atoms with E-state index in [-0.39, 0.29) is 5.69 Å². The van der Waals surface area contributed by atoms with Crippen LogP contribution in [0.5, 0.6) is 0 Å². The van der Waals surface area contributed by atoms with Crippen LogP contribution in [0.15, 0.2) is 42.5 Å². The summed E-state index contributed by atoms with van der Waals surface area (Å²) in [4.78, 5) is 17.6. The number of carboxylic acid groups (broad SMARTS) is 1. The lowest BCUT2D eigenvalue weighted by Crippen LogP contribution is -2.26. The molecule has 0 saturated heterocycles. The van der Waals surface area contributed by atoms with E-state index in [1.54, 1.807) is 6.07 Å². The van der Waals surface area contributed by atoms with Crippen molar-refractivity contribution in [1.29, 1.82) is 0 Å². The van der Waals surface area contributed by atoms with Gasteiger partial charge in [-0.25, -0.2) is 9.78 Å². The Kier molecular flexibility index (Phi) is 4.03. The monoisotopic (exact) mass is 270 g/mol. The third-order valence-electron chi connectivity index (χ3n) is 3.08. The molecule has 0 saturated carbocycles. The highest BCUT2D eigenvalue weighted by Crippen LogP contribution is 2.26. The first kappa shape index (κ1) is 14.1. The molecule has 2 rings (SSSR count). The van der Waals surface area contributed by atoms with Crippen molar-refractivity contribution in [3.05, 3.63) is 48.2 Å². The summed E-state index contributed by atoms with van der Waals surface area (Å²) in [7, 11) is 0. The molecule has 1 aromatic heterocycles. The summed E-state index contributed by atoms with van der Waals surface area (Å²) in [6, 6.07) is 9.30. The molecule has 0 radical (unpaired) electrons. The van der Waals surface area contributed by atoms with Crippen LogP contribution < -0.4 is 4.90 Å². The number of aromatic nitrogens is 1. The van der Waals surface area contributed by atoms with Crippen LogP contribution in [0.4, 0.5) is 5.82 Å². The average molecular weight is 270 g/mol. The lowest BCUT2D eigenvalue weighted by atomic mass is 10.1. The summed E-state index contributed by atoms with van der Waals surface area (Å²) in [6.45, 7) is 9.30. The number of carbonyl (C=O) groups is 1. The van der Waals surface area contributed by atoms with Crippen molar-refractivity contribution >= 4 is 22.6 Å². The molecule has 2 aromatic rings. The van der Waals surface area contributed by atoms with Gasteiger partial charge in [0.15, 0.2) is 5.69 Å². The number of carboxylic acids is 1. The number of hydrogen-bond acceptors (Lipinski definition) is 3. The fraction of sp³-hybridized carbons (Fsp3) is 0.250. The molecular formula is C16H18N2O2. The molecule has 1 heterocycles. The lowest BCUT2D eigenvalue weighted by Gasteiger charge is -2.24. The Morgan fingerprint density at radius 3 is 2.70 bits per heavy atom. The zero-order valence-electron chi connectivity index (χ0n) is 11.8. The van der Waals surface area contributed by atoms with Gasteiger partial charge in [-0.2, -0.15) is 0 Å². The number of aromatic carboxylic acids is 1. The molecule has 0 aliphatic heterocycles. The van der Waals surface area contributed by atoms with Crippen molar-refractivity contribution in [1.82, 2.24) is 4.98 Å². The van der Waals surface area contributed by atoms with E-state index in [2.05, 4.69) is 11.6 Å². The topological polar surface area (TPSA) is 53.4 Å². The molecule has 4 heteroatoms. The maximum atomic E-state index is 11.2. The molecule has 0 bridgehead atoms. The van der Waals surface area contributed by atoms with E-state index in [0.29, 0.717) is 12.4 Å². The molecule has 0 fully saturated rings. The Labute approximate surface area is 118 Å². The molecule has 0 atom stereocenters. The fourth-order valence-corrected chi connectivity index (χ4v) is 2.19. The van der Waals surface area contributed by atoms with Crippen molar-refractivity contribution in [2.24, 2.45) is 0 Å². The molecule has 0 amide bonds. The highest BCUT2D eigenvalue weighted by atomic mass is 16.4. The summed E-state index contributed by atoms with van der Waals surface area (Å²) in [5.41, 5.74) is 1.08. The first-order valence-electron chi connectivity index (χ1n) is 6.55. The number of nitrogens with zero attached hydrogens (tertiary/aromatic N) is 2. The van der Waals surface area contributed by atoms with Gasteiger partial charge in [0, 0.05) is 18.5 Å². The second kappa shape index (κ2) is 5.74. The average Bonchev–Trinajstić information content (AvgIpc) is 2.43. The SMILES string of the molecule is C=C(C)CN(CC)c1nc(C(=O)O)cc2ccccc12. The number of hydrogen-bond donors (Lipinski definition) is 1. The van der Waals surface area contributed by atoms with Crippen molar-refractivity contribution in [3.63, 3.8) is 0 Å². The Balaban J connectivity index is 2.64. The van der Waals surface area contributed by atoms with Gasteiger partial charge < -0.3 is 10.0 Å². The van der Waals surface area contributed by atoms with Crippen LogP contribution in [0, 0.1) is 0 Å². The van der Waals surface area contributed by atoms with E-state index in [4.69, 9.17) is 0 Å². The zero-order chi connectivity index (χ0) is 14.7. The minimum atomic E-state index is -1.01. The lowest BCUT2D eigenvalue weighted by molar-refractivity contribution is 0.0691. The quantitative estimate of drug-likeness (QED) is 0.847. The predicted octanol–water partition coefficient (Wildman–Crippen LogP) is 3.34. The number of likely N-dealkylation sites (N-methyl/N-ethyl adjacent to an activating group) is 1. The van der Waals surface area contributed by atoms with E-state index < -0.39 is 5.97 Å². The van der Waals surface area contributed by atoms with E-state index in [9.17, 15) is 9.90 Å². The highest BCUT2D eigenvalue weighted by molar-refractivity contribution is 5.98. The first-order chi connectivity index (χ1) is 9.52. The summed E-state index contributed by atoms with van der Waals surface area (Å²) in [5.74, 6) is -0.311. The largest absolute Gasteiger partial charge is 0.477 e. The fourth-order valence-electron chi connectivity index (χ4n) is 2.19. The van der Waals surface area contributed by atoms with E-state index >= 15 is 0 Å². The van der Waals surface area contributed by atoms with Crippen LogP contribution in [0.25, 0.3) is 10.8 Å². The number of rotatable bonds is 5. The Morgan fingerprint density at radius 2 is 2.10 bits per heavy atom. The summed E-state index contributed by atoms with van der Waals surface area (Å²) >= 11 is 0. The zero-order valence-corrected chi connectivity index (χ0v) is 11.8. The molecular weight excluding hydrogens is 252 g/mol. The molecule has 104 valence electrons. The van der Waals surface area contributed by atoms with Crippen molar-refractivity contribution in [3.8, 4) is 0 Å². The molecule has 0 aliphatic carbocycles. The van der Waals surface area contributed by atoms with Crippen LogP contribution >= 0.6 is 0 Å². The molecule has 1 aromatic carbocycles. The van der Waals surface area contributed by atoms with Crippen LogP contribution in [-0.2, 0) is 0 Å². The van der Waals surface area contributed by atoms with E-state index in [1.807, 2.05) is 43.0 Å². The van der Waals surface area contributed by atoms with Gasteiger partial charge in [-0.15, -0.1) is 0 Å². The summed E-state index contributed by atoms with van der Waals surface area (Å²) in [5, 5.41) is 11.0. The standard InChI is InChI=1S/C16H18N2O2/c1-4-18(10-11(2)3)15-13-8-6-5-7-12(13)9-14(17-15)16(19)20/h5-9H,2,4,10H2,1,3H3,(H,19,20). The smallest absolute Gasteiger partial charge is 0.354 e. The second-order valence-corrected chi connectivity index (χ2v) is 4.83. The second-order valence-electron chi connectivity index (χ2n) is 4.83. The Hall–Kier alpha value is -2.36. The summed E-state index contributed by atoms with van der Waals surface area (Å²) < 4.78 is 0. The molecule has 20 heavy (non-hydrogen) atoms. The van der Waals surface area contributed by atoms with Crippen LogP contribution in [0.1, 0.15) is 24.3 Å². The minimum Gasteiger partial charge on any atom is -0.477 e. The van der Waals surface area contributed by atoms with Crippen LogP contribution in [0.2, 0.25) is 0 Å². The van der Waals surface area contributed by atoms with E-state index in [0.717, 1.165) is 22.9 Å². The first-order valence-corrected chi connectivity index (χ1v) is 6.55. The van der Waals surface area contributed by atoms with Crippen molar-refractivity contribution in [2.45, 2.75) is 13.8 Å². The molecule has 4 nitrogen and oxygen atoms in total. The molecule has 1 N–H and O–H groups in total. The van der Waals surface area contributed by atoms with Gasteiger partial charge in [0.1, 0.15) is 5.82 Å². The molecule has 0 unspecified atom stereocenters. The van der Waals surface area contributed by atoms with Gasteiger partial charge in [-0.1, -0.05) is 36.4 Å². The van der Waals surface area contributed by atoms with Crippen molar-refractivity contribution in [2.75, 3.05) is 18.0 Å². The third-order valence-corrected chi connectivity index (χ3v) is 3.08. The van der Waals surface area contributed by atoms with Gasteiger partial charge in [0.2, 0.25) is 0 Å². The number of fused-ring (bicyclic) bond motifs is 1. The number of benzene rings is 1. The molecule has 0 spiro atoms. The number of anilines is 1. The predicted molar refractivity (Wildman–Crippen MR) is 81.4 cm³/mol. The van der Waals surface area contributed by atoms with Crippen molar-refractivity contribution < 1.29 is 9.90 Å². The van der Waals surface area contributed by atoms with E-state index in [1.165, 1.54) is 0 Å². The third kappa shape index (κ3) is 2.79. The van der Waals surface area contributed by atoms with Crippen LogP contribution in [0.3, 0.4) is 0 Å². The maximum absolute atomic E-state index is 11.2. The van der Waals surface area contributed by atoms with Crippen LogP contribution in [-0.4, -0.2) is 29.1 Å². The highest BCUT2D eigenvalue weighted by Gasteiger charge is 2.15. The Morgan fingerprint density at radius 1 is 1.40 bits per heavy atom. The summed E-state index contributed by atoms with van der Waals surface area (Å²) in [6.07, 6.45) is 0.